The minimum Gasteiger partial charge on any atom is -0.493 e. The minimum atomic E-state index is 0.779. The maximum Gasteiger partial charge on any atom is 0.127 e. The van der Waals surface area contributed by atoms with Gasteiger partial charge in [0.15, 0.2) is 0 Å². The highest BCUT2D eigenvalue weighted by molar-refractivity contribution is 5.77. The molecular formula is C23H29NO. The van der Waals surface area contributed by atoms with Crippen LogP contribution < -0.4 is 0 Å². The highest BCUT2D eigenvalue weighted by Crippen LogP contribution is 2.20. The number of benzene rings is 2. The summed E-state index contributed by atoms with van der Waals surface area (Å²) in [6.07, 6.45) is 8.61. The van der Waals surface area contributed by atoms with E-state index in [0.717, 1.165) is 24.4 Å². The Bertz CT molecular complexity index is 630. The molecule has 0 bridgehead atoms. The van der Waals surface area contributed by atoms with Crippen molar-refractivity contribution in [2.75, 3.05) is 26.2 Å². The van der Waals surface area contributed by atoms with Gasteiger partial charge in [0, 0.05) is 5.56 Å². The summed E-state index contributed by atoms with van der Waals surface area (Å²) in [5.41, 5.74) is 2.32. The van der Waals surface area contributed by atoms with Gasteiger partial charge in [0.1, 0.15) is 5.76 Å². The SMILES string of the molecule is C(=C(OCCCCN1CCCCC1)c1ccccc1)c1ccccc1. The summed E-state index contributed by atoms with van der Waals surface area (Å²) in [5, 5.41) is 0. The first kappa shape index (κ1) is 17.8. The van der Waals surface area contributed by atoms with Crippen LogP contribution in [0, 0.1) is 0 Å². The molecule has 25 heavy (non-hydrogen) atoms. The van der Waals surface area contributed by atoms with E-state index in [4.69, 9.17) is 4.74 Å². The largest absolute Gasteiger partial charge is 0.493 e. The second kappa shape index (κ2) is 10.0. The number of nitrogens with zero attached hydrogens (tertiary/aromatic N) is 1. The molecule has 0 atom stereocenters. The molecule has 1 fully saturated rings. The van der Waals surface area contributed by atoms with Gasteiger partial charge in [-0.15, -0.1) is 0 Å². The van der Waals surface area contributed by atoms with E-state index in [0.29, 0.717) is 0 Å². The fraction of sp³-hybridized carbons (Fsp3) is 0.391. The molecule has 0 saturated carbocycles. The van der Waals surface area contributed by atoms with Gasteiger partial charge in [-0.1, -0.05) is 67.1 Å². The molecule has 1 saturated heterocycles. The summed E-state index contributed by atoms with van der Waals surface area (Å²) in [5.74, 6) is 0.963. The quantitative estimate of drug-likeness (QED) is 0.360. The molecule has 2 nitrogen and oxygen atoms in total. The number of hydrogen-bond acceptors (Lipinski definition) is 2. The zero-order valence-electron chi connectivity index (χ0n) is 15.1. The van der Waals surface area contributed by atoms with Crippen LogP contribution in [0.15, 0.2) is 60.7 Å². The summed E-state index contributed by atoms with van der Waals surface area (Å²) in [6, 6.07) is 20.8. The molecule has 2 aromatic rings. The maximum atomic E-state index is 6.16. The van der Waals surface area contributed by atoms with Gasteiger partial charge >= 0.3 is 0 Å². The molecule has 0 aliphatic carbocycles. The van der Waals surface area contributed by atoms with Crippen LogP contribution in [0.1, 0.15) is 43.2 Å². The van der Waals surface area contributed by atoms with Gasteiger partial charge in [-0.05, 0) is 57.0 Å². The molecule has 0 radical (unpaired) electrons. The topological polar surface area (TPSA) is 12.5 Å². The molecule has 132 valence electrons. The average Bonchev–Trinajstić information content (AvgIpc) is 2.69. The Morgan fingerprint density at radius 1 is 0.840 bits per heavy atom. The van der Waals surface area contributed by atoms with Gasteiger partial charge < -0.3 is 9.64 Å². The van der Waals surface area contributed by atoms with Crippen molar-refractivity contribution in [1.82, 2.24) is 4.90 Å². The van der Waals surface area contributed by atoms with E-state index in [1.54, 1.807) is 0 Å². The van der Waals surface area contributed by atoms with Gasteiger partial charge in [0.25, 0.3) is 0 Å². The number of likely N-dealkylation sites (tertiary alicyclic amines) is 1. The summed E-state index contributed by atoms with van der Waals surface area (Å²) in [7, 11) is 0. The molecule has 2 aromatic carbocycles. The summed E-state index contributed by atoms with van der Waals surface area (Å²) in [6.45, 7) is 4.56. The Labute approximate surface area is 152 Å². The molecule has 1 heterocycles. The smallest absolute Gasteiger partial charge is 0.127 e. The monoisotopic (exact) mass is 335 g/mol. The fourth-order valence-corrected chi connectivity index (χ4v) is 3.31. The van der Waals surface area contributed by atoms with Crippen LogP contribution in [0.2, 0.25) is 0 Å². The molecule has 2 heteroatoms. The Balaban J connectivity index is 1.52. The lowest BCUT2D eigenvalue weighted by Crippen LogP contribution is -2.30. The van der Waals surface area contributed by atoms with Crippen LogP contribution in [0.4, 0.5) is 0 Å². The van der Waals surface area contributed by atoms with Crippen molar-refractivity contribution in [2.24, 2.45) is 0 Å². The standard InChI is InChI=1S/C23H29NO/c1-4-12-21(13-5-1)20-23(22-14-6-2-7-15-22)25-19-11-10-18-24-16-8-3-9-17-24/h1-2,4-7,12-15,20H,3,8-11,16-19H2. The maximum absolute atomic E-state index is 6.16. The van der Waals surface area contributed by atoms with Gasteiger partial charge in [-0.25, -0.2) is 0 Å². The van der Waals surface area contributed by atoms with Crippen molar-refractivity contribution in [1.29, 1.82) is 0 Å². The first-order valence-corrected chi connectivity index (χ1v) is 9.59. The van der Waals surface area contributed by atoms with Gasteiger partial charge in [0.05, 0.1) is 6.61 Å². The highest BCUT2D eigenvalue weighted by Gasteiger charge is 2.09. The Kier molecular flexibility index (Phi) is 7.14. The lowest BCUT2D eigenvalue weighted by Gasteiger charge is -2.26. The first-order valence-electron chi connectivity index (χ1n) is 9.59. The van der Waals surface area contributed by atoms with Crippen LogP contribution in [-0.4, -0.2) is 31.1 Å². The molecule has 0 spiro atoms. The van der Waals surface area contributed by atoms with Crippen molar-refractivity contribution in [2.45, 2.75) is 32.1 Å². The van der Waals surface area contributed by atoms with E-state index in [-0.39, 0.29) is 0 Å². The molecule has 0 aromatic heterocycles. The van der Waals surface area contributed by atoms with Crippen LogP contribution in [0.3, 0.4) is 0 Å². The van der Waals surface area contributed by atoms with E-state index >= 15 is 0 Å². The first-order chi connectivity index (χ1) is 12.4. The van der Waals surface area contributed by atoms with Crippen LogP contribution >= 0.6 is 0 Å². The molecule has 0 amide bonds. The number of rotatable bonds is 8. The molecule has 0 unspecified atom stereocenters. The summed E-state index contributed by atoms with van der Waals surface area (Å²) >= 11 is 0. The molecule has 1 aliphatic heterocycles. The Morgan fingerprint density at radius 3 is 2.24 bits per heavy atom. The van der Waals surface area contributed by atoms with E-state index in [2.05, 4.69) is 59.5 Å². The average molecular weight is 335 g/mol. The Morgan fingerprint density at radius 2 is 1.52 bits per heavy atom. The van der Waals surface area contributed by atoms with Gasteiger partial charge in [-0.2, -0.15) is 0 Å². The highest BCUT2D eigenvalue weighted by atomic mass is 16.5. The third-order valence-electron chi connectivity index (χ3n) is 4.73. The number of ether oxygens (including phenoxy) is 1. The van der Waals surface area contributed by atoms with Crippen LogP contribution in [0.25, 0.3) is 11.8 Å². The second-order valence-corrected chi connectivity index (χ2v) is 6.74. The lowest BCUT2D eigenvalue weighted by molar-refractivity contribution is 0.210. The Hall–Kier alpha value is -2.06. The molecule has 3 rings (SSSR count). The van der Waals surface area contributed by atoms with Crippen LogP contribution in [0.5, 0.6) is 0 Å². The van der Waals surface area contributed by atoms with E-state index in [1.807, 2.05) is 12.1 Å². The zero-order valence-corrected chi connectivity index (χ0v) is 15.1. The lowest BCUT2D eigenvalue weighted by atomic mass is 10.1. The van der Waals surface area contributed by atoms with Gasteiger partial charge in [0.2, 0.25) is 0 Å². The summed E-state index contributed by atoms with van der Waals surface area (Å²) < 4.78 is 6.16. The minimum absolute atomic E-state index is 0.779. The normalized spacial score (nSPS) is 15.9. The van der Waals surface area contributed by atoms with Crippen molar-refractivity contribution in [3.05, 3.63) is 71.8 Å². The second-order valence-electron chi connectivity index (χ2n) is 6.74. The number of unbranched alkanes of at least 4 members (excludes halogenated alkanes) is 1. The third-order valence-corrected chi connectivity index (χ3v) is 4.73. The molecule has 1 aliphatic rings. The van der Waals surface area contributed by atoms with E-state index in [1.165, 1.54) is 50.9 Å². The fourth-order valence-electron chi connectivity index (χ4n) is 3.31. The third kappa shape index (κ3) is 6.06. The number of piperidine rings is 1. The van der Waals surface area contributed by atoms with E-state index < -0.39 is 0 Å². The predicted octanol–water partition coefficient (Wildman–Crippen LogP) is 5.47. The van der Waals surface area contributed by atoms with Crippen molar-refractivity contribution >= 4 is 11.8 Å². The van der Waals surface area contributed by atoms with Crippen LogP contribution in [-0.2, 0) is 4.74 Å². The molecule has 0 N–H and O–H groups in total. The molecular weight excluding hydrogens is 306 g/mol. The van der Waals surface area contributed by atoms with Crippen molar-refractivity contribution in [3.63, 3.8) is 0 Å². The predicted molar refractivity (Wildman–Crippen MR) is 106 cm³/mol. The number of hydrogen-bond donors (Lipinski definition) is 0. The zero-order chi connectivity index (χ0) is 17.2. The van der Waals surface area contributed by atoms with Crippen molar-refractivity contribution in [3.8, 4) is 0 Å². The van der Waals surface area contributed by atoms with E-state index in [9.17, 15) is 0 Å². The summed E-state index contributed by atoms with van der Waals surface area (Å²) in [4.78, 5) is 2.60. The van der Waals surface area contributed by atoms with Crippen molar-refractivity contribution < 1.29 is 4.74 Å². The van der Waals surface area contributed by atoms with Gasteiger partial charge in [-0.3, -0.25) is 0 Å².